The first kappa shape index (κ1) is 15.6. The van der Waals surface area contributed by atoms with Crippen molar-refractivity contribution >= 4 is 17.0 Å². The van der Waals surface area contributed by atoms with Crippen molar-refractivity contribution in [3.8, 4) is 5.75 Å². The summed E-state index contributed by atoms with van der Waals surface area (Å²) in [6, 6.07) is 7.45. The number of ether oxygens (including phenoxy) is 1. The van der Waals surface area contributed by atoms with Gasteiger partial charge < -0.3 is 4.74 Å². The molecule has 1 aromatic rings. The topological polar surface area (TPSA) is 46.6 Å². The molecule has 106 valence electrons. The van der Waals surface area contributed by atoms with Crippen molar-refractivity contribution in [2.24, 2.45) is 5.92 Å². The number of benzene rings is 1. The van der Waals surface area contributed by atoms with Crippen molar-refractivity contribution in [1.82, 2.24) is 4.31 Å². The lowest BCUT2D eigenvalue weighted by Crippen LogP contribution is -2.17. The Morgan fingerprint density at radius 1 is 1.26 bits per heavy atom. The summed E-state index contributed by atoms with van der Waals surface area (Å²) in [5.41, 5.74) is 0.937. The molecule has 0 heterocycles. The summed E-state index contributed by atoms with van der Waals surface area (Å²) >= 11 is 0. The zero-order valence-electron chi connectivity index (χ0n) is 11.6. The molecule has 0 aliphatic carbocycles. The van der Waals surface area contributed by atoms with Crippen molar-refractivity contribution in [3.05, 3.63) is 36.0 Å². The summed E-state index contributed by atoms with van der Waals surface area (Å²) in [6.45, 7) is 4.66. The van der Waals surface area contributed by atoms with Crippen LogP contribution >= 0.6 is 0 Å². The number of hydrogen-bond acceptors (Lipinski definition) is 3. The fourth-order valence-electron chi connectivity index (χ4n) is 1.49. The van der Waals surface area contributed by atoms with Gasteiger partial charge in [0.1, 0.15) is 5.75 Å². The largest absolute Gasteiger partial charge is 0.497 e. The summed E-state index contributed by atoms with van der Waals surface area (Å²) in [5, 5.41) is 0. The van der Waals surface area contributed by atoms with E-state index < -0.39 is 10.9 Å². The van der Waals surface area contributed by atoms with Gasteiger partial charge in [0.25, 0.3) is 0 Å². The molecular formula is C14H21NO3S. The Bertz CT molecular complexity index is 470. The molecule has 0 aliphatic heterocycles. The molecule has 0 spiro atoms. The number of nitrogens with zero attached hydrogens (tertiary/aromatic N) is 1. The summed E-state index contributed by atoms with van der Waals surface area (Å²) in [6.07, 6.45) is 4.23. The number of thiol groups is 1. The minimum atomic E-state index is -2.58. The smallest absolute Gasteiger partial charge is 0.224 e. The molecule has 0 saturated heterocycles. The third-order valence-corrected chi connectivity index (χ3v) is 3.45. The summed E-state index contributed by atoms with van der Waals surface area (Å²) in [4.78, 5) is 0. The highest BCUT2D eigenvalue weighted by Crippen LogP contribution is 2.13. The molecule has 0 radical (unpaired) electrons. The van der Waals surface area contributed by atoms with Crippen LogP contribution in [0, 0.1) is 5.92 Å². The normalized spacial score (nSPS) is 11.4. The standard InChI is InChI=1S/C14H21NO3S/c1-12(2)8-10-15(19(16)17)11-9-13-4-6-14(18-3)7-5-13/h4-7,9,11-12,19H,8,10H2,1-3H3. The summed E-state index contributed by atoms with van der Waals surface area (Å²) in [7, 11) is -0.967. The van der Waals surface area contributed by atoms with Gasteiger partial charge in [-0.15, -0.1) is 0 Å². The monoisotopic (exact) mass is 283 g/mol. The van der Waals surface area contributed by atoms with Gasteiger partial charge in [0.15, 0.2) is 0 Å². The van der Waals surface area contributed by atoms with Crippen molar-refractivity contribution in [3.63, 3.8) is 0 Å². The molecular weight excluding hydrogens is 262 g/mol. The van der Waals surface area contributed by atoms with E-state index in [2.05, 4.69) is 13.8 Å². The Balaban J connectivity index is 2.68. The van der Waals surface area contributed by atoms with Crippen LogP contribution in [0.25, 0.3) is 6.08 Å². The molecule has 1 aromatic carbocycles. The zero-order chi connectivity index (χ0) is 14.3. The minimum absolute atomic E-state index is 0.479. The van der Waals surface area contributed by atoms with E-state index in [9.17, 15) is 8.42 Å². The molecule has 0 aromatic heterocycles. The second-order valence-corrected chi connectivity index (χ2v) is 5.66. The van der Waals surface area contributed by atoms with Gasteiger partial charge >= 0.3 is 0 Å². The third kappa shape index (κ3) is 5.79. The van der Waals surface area contributed by atoms with Crippen LogP contribution in [0.5, 0.6) is 5.75 Å². The lowest BCUT2D eigenvalue weighted by molar-refractivity contribution is 0.415. The number of hydrogen-bond donors (Lipinski definition) is 1. The van der Waals surface area contributed by atoms with Gasteiger partial charge in [-0.25, -0.2) is 8.42 Å². The van der Waals surface area contributed by atoms with Crippen LogP contribution in [-0.2, 0) is 10.9 Å². The third-order valence-electron chi connectivity index (χ3n) is 2.70. The van der Waals surface area contributed by atoms with Crippen LogP contribution in [-0.4, -0.2) is 26.4 Å². The maximum absolute atomic E-state index is 11.1. The lowest BCUT2D eigenvalue weighted by atomic mass is 10.1. The fourth-order valence-corrected chi connectivity index (χ4v) is 1.94. The molecule has 4 nitrogen and oxygen atoms in total. The highest BCUT2D eigenvalue weighted by molar-refractivity contribution is 7.70. The molecule has 5 heteroatoms. The molecule has 0 fully saturated rings. The van der Waals surface area contributed by atoms with Gasteiger partial charge in [-0.2, -0.15) is 0 Å². The van der Waals surface area contributed by atoms with E-state index in [0.29, 0.717) is 12.5 Å². The predicted octanol–water partition coefficient (Wildman–Crippen LogP) is 2.54. The Hall–Kier alpha value is -1.49. The Morgan fingerprint density at radius 3 is 2.37 bits per heavy atom. The van der Waals surface area contributed by atoms with Crippen LogP contribution in [0.4, 0.5) is 0 Å². The molecule has 0 saturated carbocycles. The van der Waals surface area contributed by atoms with Gasteiger partial charge in [0, 0.05) is 12.7 Å². The second kappa shape index (κ2) is 7.84. The average Bonchev–Trinajstić information content (AvgIpc) is 2.38. The molecule has 0 aliphatic rings. The van der Waals surface area contributed by atoms with E-state index in [-0.39, 0.29) is 0 Å². The summed E-state index contributed by atoms with van der Waals surface area (Å²) in [5.74, 6) is 1.26. The molecule has 0 N–H and O–H groups in total. The van der Waals surface area contributed by atoms with Crippen LogP contribution < -0.4 is 4.74 Å². The van der Waals surface area contributed by atoms with Gasteiger partial charge in [-0.1, -0.05) is 26.0 Å². The van der Waals surface area contributed by atoms with E-state index in [1.807, 2.05) is 24.3 Å². The number of methoxy groups -OCH3 is 1. The Morgan fingerprint density at radius 2 is 1.89 bits per heavy atom. The molecule has 1 rings (SSSR count). The number of rotatable bonds is 7. The van der Waals surface area contributed by atoms with Crippen LogP contribution in [0.2, 0.25) is 0 Å². The first-order chi connectivity index (χ1) is 9.02. The highest BCUT2D eigenvalue weighted by atomic mass is 32.2. The maximum Gasteiger partial charge on any atom is 0.224 e. The van der Waals surface area contributed by atoms with E-state index in [1.54, 1.807) is 19.4 Å². The quantitative estimate of drug-likeness (QED) is 0.782. The van der Waals surface area contributed by atoms with E-state index in [1.165, 1.54) is 4.31 Å². The van der Waals surface area contributed by atoms with Gasteiger partial charge in [-0.05, 0) is 36.1 Å². The predicted molar refractivity (Wildman–Crippen MR) is 78.5 cm³/mol. The Labute approximate surface area is 116 Å². The molecule has 0 amide bonds. The van der Waals surface area contributed by atoms with E-state index in [4.69, 9.17) is 4.74 Å². The van der Waals surface area contributed by atoms with Crippen molar-refractivity contribution in [1.29, 1.82) is 0 Å². The summed E-state index contributed by atoms with van der Waals surface area (Å²) < 4.78 is 28.7. The fraction of sp³-hybridized carbons (Fsp3) is 0.429. The van der Waals surface area contributed by atoms with Crippen LogP contribution in [0.3, 0.4) is 0 Å². The van der Waals surface area contributed by atoms with E-state index in [0.717, 1.165) is 17.7 Å². The van der Waals surface area contributed by atoms with Crippen molar-refractivity contribution in [2.75, 3.05) is 13.7 Å². The first-order valence-electron chi connectivity index (χ1n) is 6.26. The molecule has 0 bridgehead atoms. The maximum atomic E-state index is 11.1. The van der Waals surface area contributed by atoms with Crippen molar-refractivity contribution < 1.29 is 13.2 Å². The SMILES string of the molecule is COc1ccc(C=CN(CCC(C)C)[SH](=O)=O)cc1. The lowest BCUT2D eigenvalue weighted by Gasteiger charge is -2.13. The van der Waals surface area contributed by atoms with Crippen LogP contribution in [0.1, 0.15) is 25.8 Å². The average molecular weight is 283 g/mol. The second-order valence-electron chi connectivity index (χ2n) is 4.67. The Kier molecular flexibility index (Phi) is 6.42. The van der Waals surface area contributed by atoms with Crippen LogP contribution in [0.15, 0.2) is 30.5 Å². The van der Waals surface area contributed by atoms with Crippen molar-refractivity contribution in [2.45, 2.75) is 20.3 Å². The molecule has 19 heavy (non-hydrogen) atoms. The minimum Gasteiger partial charge on any atom is -0.497 e. The van der Waals surface area contributed by atoms with E-state index >= 15 is 0 Å². The van der Waals surface area contributed by atoms with Gasteiger partial charge in [-0.3, -0.25) is 4.31 Å². The highest BCUT2D eigenvalue weighted by Gasteiger charge is 2.02. The first-order valence-corrected chi connectivity index (χ1v) is 7.39. The molecule has 0 atom stereocenters. The molecule has 0 unspecified atom stereocenters. The van der Waals surface area contributed by atoms with Gasteiger partial charge in [0.05, 0.1) is 7.11 Å². The van der Waals surface area contributed by atoms with Gasteiger partial charge in [0.2, 0.25) is 10.9 Å². The zero-order valence-corrected chi connectivity index (χ0v) is 12.5.